The van der Waals surface area contributed by atoms with Crippen molar-refractivity contribution in [3.8, 4) is 0 Å². The molecule has 0 unspecified atom stereocenters. The van der Waals surface area contributed by atoms with E-state index in [1.165, 1.54) is 0 Å². The van der Waals surface area contributed by atoms with Gasteiger partial charge < -0.3 is 15.8 Å². The zero-order chi connectivity index (χ0) is 14.1. The van der Waals surface area contributed by atoms with Gasteiger partial charge >= 0.3 is 0 Å². The van der Waals surface area contributed by atoms with Crippen molar-refractivity contribution in [1.29, 1.82) is 0 Å². The highest BCUT2D eigenvalue weighted by Gasteiger charge is 2.25. The van der Waals surface area contributed by atoms with Gasteiger partial charge in [-0.15, -0.1) is 0 Å². The van der Waals surface area contributed by atoms with Gasteiger partial charge in [-0.2, -0.15) is 0 Å². The normalized spacial score (nSPS) is 23.6. The van der Waals surface area contributed by atoms with Crippen LogP contribution in [0, 0.1) is 17.8 Å². The quantitative estimate of drug-likeness (QED) is 0.662. The number of rotatable bonds is 8. The number of carbonyl (C=O) groups excluding carboxylic acids is 1. The maximum absolute atomic E-state index is 11.9. The average Bonchev–Trinajstić information content (AvgIpc) is 2.42. The van der Waals surface area contributed by atoms with Crippen LogP contribution in [0.15, 0.2) is 0 Å². The van der Waals surface area contributed by atoms with Crippen LogP contribution >= 0.6 is 0 Å². The van der Waals surface area contributed by atoms with Crippen molar-refractivity contribution in [1.82, 2.24) is 5.32 Å². The molecule has 3 N–H and O–H groups in total. The van der Waals surface area contributed by atoms with E-state index in [2.05, 4.69) is 19.2 Å². The van der Waals surface area contributed by atoms with Gasteiger partial charge in [-0.25, -0.2) is 0 Å². The van der Waals surface area contributed by atoms with Gasteiger partial charge in [0, 0.05) is 19.1 Å². The summed E-state index contributed by atoms with van der Waals surface area (Å²) in [5.41, 5.74) is 5.66. The molecule has 0 aromatic heterocycles. The minimum absolute atomic E-state index is 0.193. The molecule has 1 amide bonds. The van der Waals surface area contributed by atoms with Crippen molar-refractivity contribution in [2.75, 3.05) is 26.3 Å². The Hall–Kier alpha value is -0.610. The molecule has 0 spiro atoms. The fourth-order valence-electron chi connectivity index (χ4n) is 2.47. The third-order valence-electron chi connectivity index (χ3n) is 3.94. The predicted octanol–water partition coefficient (Wildman–Crippen LogP) is 1.93. The largest absolute Gasteiger partial charge is 0.380 e. The number of carbonyl (C=O) groups is 1. The second kappa shape index (κ2) is 9.32. The molecule has 112 valence electrons. The summed E-state index contributed by atoms with van der Waals surface area (Å²) in [6.45, 7) is 7.17. The highest BCUT2D eigenvalue weighted by molar-refractivity contribution is 5.78. The van der Waals surface area contributed by atoms with Gasteiger partial charge in [0.25, 0.3) is 0 Å². The average molecular weight is 270 g/mol. The highest BCUT2D eigenvalue weighted by atomic mass is 16.5. The molecule has 0 radical (unpaired) electrons. The second-order valence-electron chi connectivity index (χ2n) is 6.04. The van der Waals surface area contributed by atoms with E-state index in [-0.39, 0.29) is 11.8 Å². The Morgan fingerprint density at radius 2 is 1.95 bits per heavy atom. The molecule has 0 bridgehead atoms. The Labute approximate surface area is 117 Å². The lowest BCUT2D eigenvalue weighted by Crippen LogP contribution is -2.36. The van der Waals surface area contributed by atoms with Crippen LogP contribution in [0.5, 0.6) is 0 Å². The standard InChI is InChI=1S/C15H30N2O2/c1-12(2)7-9-19-10-8-17-15(18)14-5-3-13(11-16)4-6-14/h12-14H,3-11,16H2,1-2H3,(H,17,18). The molecule has 4 nitrogen and oxygen atoms in total. The van der Waals surface area contributed by atoms with Crippen LogP contribution in [0.4, 0.5) is 0 Å². The van der Waals surface area contributed by atoms with Crippen molar-refractivity contribution in [2.24, 2.45) is 23.5 Å². The molecule has 0 aromatic carbocycles. The van der Waals surface area contributed by atoms with Gasteiger partial charge in [0.1, 0.15) is 0 Å². The molecule has 0 aromatic rings. The molecule has 1 saturated carbocycles. The first-order chi connectivity index (χ1) is 9.13. The van der Waals surface area contributed by atoms with Gasteiger partial charge in [0.2, 0.25) is 5.91 Å². The van der Waals surface area contributed by atoms with Crippen molar-refractivity contribution in [3.63, 3.8) is 0 Å². The summed E-state index contributed by atoms with van der Waals surface area (Å²) in [4.78, 5) is 11.9. The van der Waals surface area contributed by atoms with E-state index in [9.17, 15) is 4.79 Å². The van der Waals surface area contributed by atoms with Crippen LogP contribution in [0.1, 0.15) is 46.0 Å². The fraction of sp³-hybridized carbons (Fsp3) is 0.933. The molecule has 0 saturated heterocycles. The van der Waals surface area contributed by atoms with Crippen molar-refractivity contribution in [3.05, 3.63) is 0 Å². The minimum Gasteiger partial charge on any atom is -0.380 e. The molecule has 19 heavy (non-hydrogen) atoms. The van der Waals surface area contributed by atoms with Crippen molar-refractivity contribution < 1.29 is 9.53 Å². The molecular weight excluding hydrogens is 240 g/mol. The smallest absolute Gasteiger partial charge is 0.223 e. The Kier molecular flexibility index (Phi) is 8.07. The maximum Gasteiger partial charge on any atom is 0.223 e. The zero-order valence-electron chi connectivity index (χ0n) is 12.5. The van der Waals surface area contributed by atoms with Crippen LogP contribution in [0.25, 0.3) is 0 Å². The SMILES string of the molecule is CC(C)CCOCCNC(=O)C1CCC(CN)CC1. The van der Waals surface area contributed by atoms with Crippen LogP contribution in [-0.2, 0) is 9.53 Å². The molecule has 0 atom stereocenters. The second-order valence-corrected chi connectivity index (χ2v) is 6.04. The third kappa shape index (κ3) is 6.92. The van der Waals surface area contributed by atoms with E-state index in [1.54, 1.807) is 0 Å². The minimum atomic E-state index is 0.193. The first-order valence-corrected chi connectivity index (χ1v) is 7.69. The van der Waals surface area contributed by atoms with Crippen molar-refractivity contribution in [2.45, 2.75) is 46.0 Å². The Balaban J connectivity index is 2.02. The lowest BCUT2D eigenvalue weighted by molar-refractivity contribution is -0.126. The summed E-state index contributed by atoms with van der Waals surface area (Å²) in [5, 5.41) is 2.98. The predicted molar refractivity (Wildman–Crippen MR) is 77.8 cm³/mol. The Morgan fingerprint density at radius 1 is 1.26 bits per heavy atom. The van der Waals surface area contributed by atoms with E-state index >= 15 is 0 Å². The summed E-state index contributed by atoms with van der Waals surface area (Å²) in [6, 6.07) is 0. The number of hydrogen-bond acceptors (Lipinski definition) is 3. The van der Waals surface area contributed by atoms with Crippen molar-refractivity contribution >= 4 is 5.91 Å². The third-order valence-corrected chi connectivity index (χ3v) is 3.94. The molecule has 1 fully saturated rings. The lowest BCUT2D eigenvalue weighted by atomic mass is 9.81. The van der Waals surface area contributed by atoms with Crippen LogP contribution in [-0.4, -0.2) is 32.2 Å². The van der Waals surface area contributed by atoms with Gasteiger partial charge in [-0.05, 0) is 50.5 Å². The number of ether oxygens (including phenoxy) is 1. The molecule has 0 heterocycles. The summed E-state index contributed by atoms with van der Waals surface area (Å²) in [6.07, 6.45) is 5.25. The summed E-state index contributed by atoms with van der Waals surface area (Å²) in [5.74, 6) is 1.69. The van der Waals surface area contributed by atoms with E-state index in [0.29, 0.717) is 25.0 Å². The molecule has 1 rings (SSSR count). The molecule has 1 aliphatic rings. The summed E-state index contributed by atoms with van der Waals surface area (Å²) in [7, 11) is 0. The van der Waals surface area contributed by atoms with Crippen LogP contribution < -0.4 is 11.1 Å². The first-order valence-electron chi connectivity index (χ1n) is 7.69. The lowest BCUT2D eigenvalue weighted by Gasteiger charge is -2.26. The number of nitrogens with one attached hydrogen (secondary N) is 1. The maximum atomic E-state index is 11.9. The molecule has 1 aliphatic carbocycles. The molecular formula is C15H30N2O2. The van der Waals surface area contributed by atoms with Crippen LogP contribution in [0.3, 0.4) is 0 Å². The first kappa shape index (κ1) is 16.4. The highest BCUT2D eigenvalue weighted by Crippen LogP contribution is 2.27. The van der Waals surface area contributed by atoms with Crippen LogP contribution in [0.2, 0.25) is 0 Å². The van der Waals surface area contributed by atoms with E-state index in [4.69, 9.17) is 10.5 Å². The fourth-order valence-corrected chi connectivity index (χ4v) is 2.47. The molecule has 4 heteroatoms. The van der Waals surface area contributed by atoms with E-state index in [1.807, 2.05) is 0 Å². The van der Waals surface area contributed by atoms with Gasteiger partial charge in [-0.1, -0.05) is 13.8 Å². The summed E-state index contributed by atoms with van der Waals surface area (Å²) < 4.78 is 5.49. The number of hydrogen-bond donors (Lipinski definition) is 2. The number of nitrogens with two attached hydrogens (primary N) is 1. The van der Waals surface area contributed by atoms with E-state index in [0.717, 1.165) is 45.3 Å². The summed E-state index contributed by atoms with van der Waals surface area (Å²) >= 11 is 0. The number of amides is 1. The van der Waals surface area contributed by atoms with Gasteiger partial charge in [0.15, 0.2) is 0 Å². The molecule has 0 aliphatic heterocycles. The Morgan fingerprint density at radius 3 is 2.53 bits per heavy atom. The van der Waals surface area contributed by atoms with Gasteiger partial charge in [-0.3, -0.25) is 4.79 Å². The van der Waals surface area contributed by atoms with E-state index < -0.39 is 0 Å². The van der Waals surface area contributed by atoms with Gasteiger partial charge in [0.05, 0.1) is 6.61 Å². The topological polar surface area (TPSA) is 64.3 Å². The monoisotopic (exact) mass is 270 g/mol. The Bertz CT molecular complexity index is 249. The zero-order valence-corrected chi connectivity index (χ0v) is 12.5.